The first-order chi connectivity index (χ1) is 21.1. The molecule has 0 spiro atoms. The summed E-state index contributed by atoms with van der Waals surface area (Å²) in [6.07, 6.45) is 5.41. The first kappa shape index (κ1) is 33.5. The zero-order valence-corrected chi connectivity index (χ0v) is 27.5. The molecule has 2 aromatic heterocycles. The number of aromatic nitrogens is 4. The fourth-order valence-corrected chi connectivity index (χ4v) is 6.67. The summed E-state index contributed by atoms with van der Waals surface area (Å²) in [5.41, 5.74) is 3.08. The quantitative estimate of drug-likeness (QED) is 0.138. The second-order valence-corrected chi connectivity index (χ2v) is 12.3. The standard InChI is InChI=1S/C15H15ClFN3O3S2.C14H16ClN3O/c1-23-13(21)8-24-12-7-11(10(17)6-9(12)16)18-14-19-4-2-3-5-20(19)15(22)25-14;1-11-5-3-6-12(2)14(11)18(13(19)9-15)10-17-8-4-7-16-17/h6-7H,2-5,8H2,1H3;3-8H,9-10H2,1-2H3. The van der Waals surface area contributed by atoms with Crippen LogP contribution in [0.4, 0.5) is 15.8 Å². The van der Waals surface area contributed by atoms with Crippen LogP contribution in [-0.4, -0.2) is 49.8 Å². The predicted octanol–water partition coefficient (Wildman–Crippen LogP) is 5.52. The SMILES string of the molecule is COC(=O)CSc1cc(N=c2sc(=O)n3n2CCCC3)c(F)cc1Cl.Cc1cccc(C)c1N(Cn1cccn1)C(=O)CCl. The normalized spacial score (nSPS) is 12.7. The van der Waals surface area contributed by atoms with Crippen LogP contribution in [0.3, 0.4) is 0 Å². The molecule has 4 aromatic rings. The third-order valence-electron chi connectivity index (χ3n) is 6.65. The molecule has 234 valence electrons. The van der Waals surface area contributed by atoms with Crippen molar-refractivity contribution in [2.24, 2.45) is 4.99 Å². The Kier molecular flexibility index (Phi) is 11.8. The number of esters is 1. The number of hydrogen-bond donors (Lipinski definition) is 0. The number of anilines is 1. The van der Waals surface area contributed by atoms with Crippen LogP contribution in [0.1, 0.15) is 24.0 Å². The number of fused-ring (bicyclic) bond motifs is 1. The summed E-state index contributed by atoms with van der Waals surface area (Å²) in [6, 6.07) is 10.4. The molecule has 0 unspecified atom stereocenters. The lowest BCUT2D eigenvalue weighted by atomic mass is 10.1. The van der Waals surface area contributed by atoms with Crippen LogP contribution in [0, 0.1) is 19.7 Å². The maximum atomic E-state index is 14.3. The van der Waals surface area contributed by atoms with Gasteiger partial charge in [-0.15, -0.1) is 23.4 Å². The number of halogens is 3. The average molecular weight is 682 g/mol. The van der Waals surface area contributed by atoms with Gasteiger partial charge >= 0.3 is 10.8 Å². The van der Waals surface area contributed by atoms with Crippen LogP contribution in [0.25, 0.3) is 0 Å². The maximum absolute atomic E-state index is 14.3. The fraction of sp³-hybridized carbons (Fsp3) is 0.345. The Bertz CT molecular complexity index is 1730. The molecule has 1 aliphatic rings. The number of hydrogen-bond acceptors (Lipinski definition) is 8. The highest BCUT2D eigenvalue weighted by Crippen LogP contribution is 2.33. The summed E-state index contributed by atoms with van der Waals surface area (Å²) in [5, 5.41) is 4.34. The molecule has 0 aliphatic carbocycles. The molecule has 0 fully saturated rings. The highest BCUT2D eigenvalue weighted by atomic mass is 35.5. The van der Waals surface area contributed by atoms with Gasteiger partial charge in [0.15, 0.2) is 0 Å². The van der Waals surface area contributed by atoms with Crippen molar-refractivity contribution in [1.82, 2.24) is 19.1 Å². The molecule has 15 heteroatoms. The molecule has 1 aliphatic heterocycles. The van der Waals surface area contributed by atoms with Crippen LogP contribution in [0.5, 0.6) is 0 Å². The highest BCUT2D eigenvalue weighted by Gasteiger charge is 2.19. The highest BCUT2D eigenvalue weighted by molar-refractivity contribution is 8.00. The smallest absolute Gasteiger partial charge is 0.325 e. The van der Waals surface area contributed by atoms with Gasteiger partial charge in [0.05, 0.1) is 23.6 Å². The lowest BCUT2D eigenvalue weighted by Crippen LogP contribution is -2.35. The van der Waals surface area contributed by atoms with Crippen molar-refractivity contribution in [2.75, 3.05) is 23.6 Å². The third kappa shape index (κ3) is 8.20. The van der Waals surface area contributed by atoms with E-state index in [-0.39, 0.29) is 33.1 Å². The monoisotopic (exact) mass is 680 g/mol. The van der Waals surface area contributed by atoms with E-state index in [9.17, 15) is 18.8 Å². The van der Waals surface area contributed by atoms with Crippen LogP contribution >= 0.6 is 46.3 Å². The Morgan fingerprint density at radius 3 is 2.50 bits per heavy atom. The molecule has 3 heterocycles. The summed E-state index contributed by atoms with van der Waals surface area (Å²) in [5.74, 6) is -1.10. The number of thioether (sulfide) groups is 1. The molecular formula is C29H31Cl2FN6O4S2. The van der Waals surface area contributed by atoms with Gasteiger partial charge in [0, 0.05) is 30.4 Å². The number of ether oxygens (including phenoxy) is 1. The summed E-state index contributed by atoms with van der Waals surface area (Å²) in [6.45, 7) is 5.66. The van der Waals surface area contributed by atoms with E-state index < -0.39 is 11.8 Å². The van der Waals surface area contributed by atoms with E-state index in [1.54, 1.807) is 25.1 Å². The summed E-state index contributed by atoms with van der Waals surface area (Å²) < 4.78 is 24.0. The lowest BCUT2D eigenvalue weighted by Gasteiger charge is -2.25. The Hall–Kier alpha value is -3.39. The number of aryl methyl sites for hydroxylation is 2. The maximum Gasteiger partial charge on any atom is 0.325 e. The molecule has 5 rings (SSSR count). The van der Waals surface area contributed by atoms with E-state index in [1.165, 1.54) is 13.2 Å². The second-order valence-electron chi connectivity index (χ2n) is 9.70. The zero-order valence-electron chi connectivity index (χ0n) is 24.3. The minimum Gasteiger partial charge on any atom is -0.468 e. The molecule has 0 bridgehead atoms. The molecular weight excluding hydrogens is 650 g/mol. The van der Waals surface area contributed by atoms with Crippen LogP contribution in [0.2, 0.25) is 5.02 Å². The van der Waals surface area contributed by atoms with E-state index in [1.807, 2.05) is 44.3 Å². The van der Waals surface area contributed by atoms with Gasteiger partial charge in [0.25, 0.3) is 0 Å². The van der Waals surface area contributed by atoms with Gasteiger partial charge < -0.3 is 4.74 Å². The fourth-order valence-electron chi connectivity index (χ4n) is 4.54. The number of carbonyl (C=O) groups excluding carboxylic acids is 2. The summed E-state index contributed by atoms with van der Waals surface area (Å²) in [7, 11) is 1.30. The van der Waals surface area contributed by atoms with Crippen LogP contribution in [0.15, 0.2) is 63.5 Å². The topological polar surface area (TPSA) is 104 Å². The number of nitrogens with zero attached hydrogens (tertiary/aromatic N) is 6. The van der Waals surface area contributed by atoms with Crippen LogP contribution in [-0.2, 0) is 34.1 Å². The van der Waals surface area contributed by atoms with Gasteiger partial charge in [-0.25, -0.2) is 14.1 Å². The minimum absolute atomic E-state index is 0.0466. The van der Waals surface area contributed by atoms with Crippen molar-refractivity contribution in [3.8, 4) is 0 Å². The first-order valence-electron chi connectivity index (χ1n) is 13.6. The van der Waals surface area contributed by atoms with E-state index in [4.69, 9.17) is 23.2 Å². The first-order valence-corrected chi connectivity index (χ1v) is 16.3. The number of methoxy groups -OCH3 is 1. The van der Waals surface area contributed by atoms with Crippen molar-refractivity contribution >= 4 is 69.6 Å². The Labute approximate surface area is 271 Å². The number of rotatable bonds is 8. The largest absolute Gasteiger partial charge is 0.468 e. The van der Waals surface area contributed by atoms with Crippen molar-refractivity contribution < 1.29 is 18.7 Å². The number of para-hydroxylation sites is 1. The van der Waals surface area contributed by atoms with E-state index in [0.29, 0.717) is 29.5 Å². The van der Waals surface area contributed by atoms with E-state index in [0.717, 1.165) is 58.8 Å². The number of carbonyl (C=O) groups is 2. The zero-order chi connectivity index (χ0) is 31.8. The summed E-state index contributed by atoms with van der Waals surface area (Å²) in [4.78, 5) is 42.3. The van der Waals surface area contributed by atoms with Gasteiger partial charge in [-0.3, -0.25) is 28.6 Å². The minimum atomic E-state index is -0.580. The van der Waals surface area contributed by atoms with Crippen molar-refractivity contribution in [3.63, 3.8) is 0 Å². The van der Waals surface area contributed by atoms with Gasteiger partial charge in [0.2, 0.25) is 10.7 Å². The average Bonchev–Trinajstić information content (AvgIpc) is 3.64. The number of benzene rings is 2. The molecule has 0 saturated heterocycles. The number of amides is 1. The molecule has 44 heavy (non-hydrogen) atoms. The van der Waals surface area contributed by atoms with E-state index >= 15 is 0 Å². The third-order valence-corrected chi connectivity index (χ3v) is 9.20. The lowest BCUT2D eigenvalue weighted by molar-refractivity contribution is -0.137. The van der Waals surface area contributed by atoms with Gasteiger partial charge in [-0.05, 0) is 67.4 Å². The Morgan fingerprint density at radius 1 is 1.16 bits per heavy atom. The van der Waals surface area contributed by atoms with Gasteiger partial charge in [-0.2, -0.15) is 5.10 Å². The van der Waals surface area contributed by atoms with E-state index in [2.05, 4.69) is 14.8 Å². The molecule has 0 N–H and O–H groups in total. The molecule has 0 atom stereocenters. The molecule has 0 radical (unpaired) electrons. The van der Waals surface area contributed by atoms with Gasteiger partial charge in [-0.1, -0.05) is 29.8 Å². The van der Waals surface area contributed by atoms with Gasteiger partial charge in [0.1, 0.15) is 24.1 Å². The second kappa shape index (κ2) is 15.6. The predicted molar refractivity (Wildman–Crippen MR) is 172 cm³/mol. The van der Waals surface area contributed by atoms with Crippen molar-refractivity contribution in [3.05, 3.63) is 85.2 Å². The summed E-state index contributed by atoms with van der Waals surface area (Å²) >= 11 is 13.9. The Balaban J connectivity index is 0.000000209. The molecule has 2 aromatic carbocycles. The molecule has 10 nitrogen and oxygen atoms in total. The van der Waals surface area contributed by atoms with Crippen molar-refractivity contribution in [2.45, 2.75) is 51.3 Å². The number of alkyl halides is 1. The Morgan fingerprint density at radius 2 is 1.86 bits per heavy atom. The van der Waals surface area contributed by atoms with Crippen LogP contribution < -0.4 is 14.6 Å². The molecule has 0 saturated carbocycles. The van der Waals surface area contributed by atoms with Crippen molar-refractivity contribution in [1.29, 1.82) is 0 Å². The molecule has 1 amide bonds.